The van der Waals surface area contributed by atoms with Crippen molar-refractivity contribution in [3.63, 3.8) is 0 Å². The average Bonchev–Trinajstić information content (AvgIpc) is 3.15. The van der Waals surface area contributed by atoms with Gasteiger partial charge in [0, 0.05) is 5.41 Å². The summed E-state index contributed by atoms with van der Waals surface area (Å²) in [6.07, 6.45) is 11.1. The second-order valence-electron chi connectivity index (χ2n) is 14.5. The van der Waals surface area contributed by atoms with Gasteiger partial charge in [0.15, 0.2) is 0 Å². The van der Waals surface area contributed by atoms with Gasteiger partial charge in [-0.1, -0.05) is 51.9 Å². The Bertz CT molecular complexity index is 938. The summed E-state index contributed by atoms with van der Waals surface area (Å²) in [6, 6.07) is 0. The standard InChI is InChI=1S/C30H48N2O2/c1-18(2)19-10-15-30(25(31)33)17-16-28(6)20(24(19)30)8-9-22-27(5)13-12-23(32-34)26(3,4)21(27)11-14-29(22,28)7/h19-22,24,34H,1,8-17H2,2-7H3,(H2,31,33)/b32-23+/t19-,20?,21?,22?,24?,27-,28-,29+,30-/m0/s1. The first-order chi connectivity index (χ1) is 15.8. The molecule has 1 amide bonds. The van der Waals surface area contributed by atoms with E-state index in [1.807, 2.05) is 0 Å². The fourth-order valence-electron chi connectivity index (χ4n) is 11.6. The maximum atomic E-state index is 13.0. The van der Waals surface area contributed by atoms with Crippen molar-refractivity contribution in [2.75, 3.05) is 0 Å². The first-order valence-corrected chi connectivity index (χ1v) is 14.0. The van der Waals surface area contributed by atoms with Crippen molar-refractivity contribution in [3.8, 4) is 0 Å². The van der Waals surface area contributed by atoms with E-state index in [4.69, 9.17) is 5.73 Å². The Morgan fingerprint density at radius 3 is 2.26 bits per heavy atom. The fourth-order valence-corrected chi connectivity index (χ4v) is 11.6. The van der Waals surface area contributed by atoms with Crippen molar-refractivity contribution in [1.82, 2.24) is 0 Å². The van der Waals surface area contributed by atoms with Crippen LogP contribution in [-0.4, -0.2) is 16.8 Å². The lowest BCUT2D eigenvalue weighted by atomic mass is 9.32. The third kappa shape index (κ3) is 2.72. The Balaban J connectivity index is 1.56. The molecule has 0 bridgehead atoms. The molecule has 4 heteroatoms. The number of carbonyl (C=O) groups excluding carboxylic acids is 1. The van der Waals surface area contributed by atoms with Gasteiger partial charge in [-0.2, -0.15) is 0 Å². The van der Waals surface area contributed by atoms with Crippen LogP contribution in [0.1, 0.15) is 106 Å². The van der Waals surface area contributed by atoms with Gasteiger partial charge >= 0.3 is 0 Å². The van der Waals surface area contributed by atoms with Gasteiger partial charge in [0.05, 0.1) is 11.1 Å². The zero-order valence-corrected chi connectivity index (χ0v) is 22.5. The van der Waals surface area contributed by atoms with E-state index in [9.17, 15) is 10.0 Å². The largest absolute Gasteiger partial charge is 0.411 e. The molecule has 5 fully saturated rings. The SMILES string of the molecule is C=C(C)[C@@H]1CC[C@]2(C(N)=O)CC[C@@]3(C)C(CCC4[C@@]5(C)CC/C(=N\O)C(C)(C)C5CC[C@]43C)C12. The van der Waals surface area contributed by atoms with Gasteiger partial charge in [-0.05, 0) is 117 Å². The maximum absolute atomic E-state index is 13.0. The fraction of sp³-hybridized carbons (Fsp3) is 0.867. The predicted octanol–water partition coefficient (Wildman–Crippen LogP) is 6.96. The number of allylic oxidation sites excluding steroid dienone is 1. The minimum atomic E-state index is -0.322. The minimum Gasteiger partial charge on any atom is -0.411 e. The summed E-state index contributed by atoms with van der Waals surface area (Å²) in [5.41, 5.74) is 8.83. The number of hydrogen-bond acceptors (Lipinski definition) is 3. The summed E-state index contributed by atoms with van der Waals surface area (Å²) >= 11 is 0. The van der Waals surface area contributed by atoms with Crippen molar-refractivity contribution in [2.45, 2.75) is 106 Å². The average molecular weight is 469 g/mol. The Morgan fingerprint density at radius 2 is 1.65 bits per heavy atom. The predicted molar refractivity (Wildman–Crippen MR) is 137 cm³/mol. The molecule has 5 aliphatic carbocycles. The molecule has 190 valence electrons. The van der Waals surface area contributed by atoms with Crippen molar-refractivity contribution >= 4 is 11.6 Å². The van der Waals surface area contributed by atoms with Crippen LogP contribution in [0.25, 0.3) is 0 Å². The van der Waals surface area contributed by atoms with Crippen molar-refractivity contribution in [1.29, 1.82) is 0 Å². The lowest BCUT2D eigenvalue weighted by Gasteiger charge is -2.72. The zero-order chi connectivity index (χ0) is 24.9. The Hall–Kier alpha value is -1.32. The highest BCUT2D eigenvalue weighted by Gasteiger charge is 2.71. The smallest absolute Gasteiger partial charge is 0.223 e. The van der Waals surface area contributed by atoms with Gasteiger partial charge in [-0.25, -0.2) is 0 Å². The molecule has 4 nitrogen and oxygen atoms in total. The van der Waals surface area contributed by atoms with Crippen LogP contribution < -0.4 is 5.73 Å². The highest BCUT2D eigenvalue weighted by atomic mass is 16.4. The highest BCUT2D eigenvalue weighted by molar-refractivity contribution is 5.90. The quantitative estimate of drug-likeness (QED) is 0.261. The van der Waals surface area contributed by atoms with Crippen LogP contribution in [0.15, 0.2) is 17.3 Å². The van der Waals surface area contributed by atoms with Crippen molar-refractivity contribution in [3.05, 3.63) is 12.2 Å². The summed E-state index contributed by atoms with van der Waals surface area (Å²) in [7, 11) is 0. The Kier molecular flexibility index (Phi) is 5.27. The van der Waals surface area contributed by atoms with E-state index in [0.29, 0.717) is 29.6 Å². The topological polar surface area (TPSA) is 75.7 Å². The number of hydrogen-bond donors (Lipinski definition) is 2. The lowest BCUT2D eigenvalue weighted by molar-refractivity contribution is -0.227. The van der Waals surface area contributed by atoms with Crippen LogP contribution in [-0.2, 0) is 4.79 Å². The molecule has 5 saturated carbocycles. The lowest BCUT2D eigenvalue weighted by Crippen LogP contribution is -2.67. The molecular weight excluding hydrogens is 420 g/mol. The minimum absolute atomic E-state index is 0.0453. The zero-order valence-electron chi connectivity index (χ0n) is 22.5. The summed E-state index contributed by atoms with van der Waals surface area (Å²) in [5.74, 6) is 2.52. The molecule has 5 rings (SSSR count). The Labute approximate surface area is 207 Å². The molecule has 0 saturated heterocycles. The highest BCUT2D eigenvalue weighted by Crippen LogP contribution is 2.77. The van der Waals surface area contributed by atoms with E-state index in [2.05, 4.69) is 53.3 Å². The summed E-state index contributed by atoms with van der Waals surface area (Å²) < 4.78 is 0. The number of rotatable bonds is 2. The number of fused-ring (bicyclic) bond motifs is 7. The Morgan fingerprint density at radius 1 is 0.941 bits per heavy atom. The van der Waals surface area contributed by atoms with E-state index in [-0.39, 0.29) is 33.0 Å². The third-order valence-electron chi connectivity index (χ3n) is 13.5. The van der Waals surface area contributed by atoms with Gasteiger partial charge in [-0.3, -0.25) is 4.79 Å². The molecule has 9 atom stereocenters. The van der Waals surface area contributed by atoms with Gasteiger partial charge in [0.1, 0.15) is 0 Å². The van der Waals surface area contributed by atoms with Crippen LogP contribution in [0.4, 0.5) is 0 Å². The van der Waals surface area contributed by atoms with Crippen LogP contribution in [0, 0.1) is 56.7 Å². The molecule has 5 aliphatic rings. The molecular formula is C30H48N2O2. The van der Waals surface area contributed by atoms with Crippen LogP contribution in [0.2, 0.25) is 0 Å². The van der Waals surface area contributed by atoms with E-state index in [1.54, 1.807) is 0 Å². The van der Waals surface area contributed by atoms with Crippen LogP contribution in [0.3, 0.4) is 0 Å². The maximum Gasteiger partial charge on any atom is 0.223 e. The van der Waals surface area contributed by atoms with Gasteiger partial charge < -0.3 is 10.9 Å². The molecule has 0 spiro atoms. The van der Waals surface area contributed by atoms with Crippen LogP contribution >= 0.6 is 0 Å². The molecule has 34 heavy (non-hydrogen) atoms. The molecule has 0 heterocycles. The normalized spacial score (nSPS) is 52.8. The van der Waals surface area contributed by atoms with Gasteiger partial charge in [-0.15, -0.1) is 0 Å². The second kappa shape index (κ2) is 7.35. The number of amides is 1. The van der Waals surface area contributed by atoms with Gasteiger partial charge in [0.25, 0.3) is 0 Å². The molecule has 0 aliphatic heterocycles. The van der Waals surface area contributed by atoms with E-state index in [1.165, 1.54) is 31.3 Å². The van der Waals surface area contributed by atoms with E-state index >= 15 is 0 Å². The number of oxime groups is 1. The van der Waals surface area contributed by atoms with Crippen molar-refractivity contribution < 1.29 is 10.0 Å². The summed E-state index contributed by atoms with van der Waals surface area (Å²) in [5, 5.41) is 13.5. The first-order valence-electron chi connectivity index (χ1n) is 14.0. The number of nitrogens with zero attached hydrogens (tertiary/aromatic N) is 1. The molecule has 3 N–H and O–H groups in total. The van der Waals surface area contributed by atoms with Gasteiger partial charge in [0.2, 0.25) is 5.91 Å². The third-order valence-corrected chi connectivity index (χ3v) is 13.5. The van der Waals surface area contributed by atoms with Crippen LogP contribution in [0.5, 0.6) is 0 Å². The molecule has 0 aromatic carbocycles. The van der Waals surface area contributed by atoms with E-state index < -0.39 is 0 Å². The first kappa shape index (κ1) is 24.4. The molecule has 0 radical (unpaired) electrons. The summed E-state index contributed by atoms with van der Waals surface area (Å²) in [4.78, 5) is 13.0. The van der Waals surface area contributed by atoms with Crippen molar-refractivity contribution in [2.24, 2.45) is 67.6 Å². The molecule has 0 aromatic rings. The molecule has 0 aromatic heterocycles. The molecule has 4 unspecified atom stereocenters. The van der Waals surface area contributed by atoms with E-state index in [0.717, 1.165) is 44.2 Å². The number of nitrogens with two attached hydrogens (primary N) is 1. The number of primary amides is 1. The second-order valence-corrected chi connectivity index (χ2v) is 14.5. The number of carbonyl (C=O) groups is 1. The monoisotopic (exact) mass is 468 g/mol. The summed E-state index contributed by atoms with van der Waals surface area (Å²) in [6.45, 7) is 19.0.